The number of hydrogen-bond donors (Lipinski definition) is 2. The number of nitrogens with one attached hydrogen (secondary N) is 2. The van der Waals surface area contributed by atoms with Gasteiger partial charge >= 0.3 is 0 Å². The van der Waals surface area contributed by atoms with Crippen LogP contribution in [0, 0.1) is 0 Å². The van der Waals surface area contributed by atoms with E-state index >= 15 is 0 Å². The van der Waals surface area contributed by atoms with E-state index in [4.69, 9.17) is 0 Å². The van der Waals surface area contributed by atoms with Gasteiger partial charge in [-0.2, -0.15) is 0 Å². The van der Waals surface area contributed by atoms with Crippen LogP contribution in [0.3, 0.4) is 0 Å². The van der Waals surface area contributed by atoms with E-state index in [1.54, 1.807) is 11.3 Å². The molecule has 0 aliphatic carbocycles. The van der Waals surface area contributed by atoms with E-state index in [9.17, 15) is 9.59 Å². The van der Waals surface area contributed by atoms with Gasteiger partial charge in [0.1, 0.15) is 11.4 Å². The maximum absolute atomic E-state index is 12.8. The van der Waals surface area contributed by atoms with Gasteiger partial charge in [-0.3, -0.25) is 14.2 Å². The standard InChI is InChI=1S/C16H18N4O2S2.ClH/c1-2-17-5-6-18-13(21)8-20-10-19-15-14(16(20)22)11(9-24-15)12-4-3-7-23-12;/h3-4,7,9-10,17H,2,5-6,8H2,1H3,(H,18,21);1H. The van der Waals surface area contributed by atoms with Crippen LogP contribution < -0.4 is 16.2 Å². The summed E-state index contributed by atoms with van der Waals surface area (Å²) >= 11 is 3.03. The van der Waals surface area contributed by atoms with E-state index in [2.05, 4.69) is 15.6 Å². The van der Waals surface area contributed by atoms with E-state index in [0.717, 1.165) is 17.0 Å². The largest absolute Gasteiger partial charge is 0.353 e. The van der Waals surface area contributed by atoms with Crippen molar-refractivity contribution in [2.24, 2.45) is 0 Å². The van der Waals surface area contributed by atoms with Crippen molar-refractivity contribution in [2.75, 3.05) is 19.6 Å². The highest BCUT2D eigenvalue weighted by Gasteiger charge is 2.15. The van der Waals surface area contributed by atoms with Crippen LogP contribution in [0.5, 0.6) is 0 Å². The van der Waals surface area contributed by atoms with Crippen LogP contribution in [-0.4, -0.2) is 35.1 Å². The Morgan fingerprint density at radius 1 is 1.32 bits per heavy atom. The highest BCUT2D eigenvalue weighted by Crippen LogP contribution is 2.33. The molecule has 6 nitrogen and oxygen atoms in total. The first-order chi connectivity index (χ1) is 11.7. The summed E-state index contributed by atoms with van der Waals surface area (Å²) in [6, 6.07) is 3.94. The average molecular weight is 399 g/mol. The molecule has 0 unspecified atom stereocenters. The smallest absolute Gasteiger partial charge is 0.263 e. The Morgan fingerprint density at radius 3 is 2.88 bits per heavy atom. The molecule has 3 rings (SSSR count). The summed E-state index contributed by atoms with van der Waals surface area (Å²) in [4.78, 5) is 30.8. The Morgan fingerprint density at radius 2 is 2.16 bits per heavy atom. The number of nitrogens with zero attached hydrogens (tertiary/aromatic N) is 2. The zero-order chi connectivity index (χ0) is 16.9. The summed E-state index contributed by atoms with van der Waals surface area (Å²) in [6.07, 6.45) is 1.45. The van der Waals surface area contributed by atoms with Gasteiger partial charge in [0.15, 0.2) is 0 Å². The Kier molecular flexibility index (Phi) is 7.12. The van der Waals surface area contributed by atoms with Crippen molar-refractivity contribution < 1.29 is 4.79 Å². The third-order valence-electron chi connectivity index (χ3n) is 3.54. The fourth-order valence-electron chi connectivity index (χ4n) is 2.37. The van der Waals surface area contributed by atoms with E-state index in [1.165, 1.54) is 22.2 Å². The van der Waals surface area contributed by atoms with Crippen LogP contribution in [0.2, 0.25) is 0 Å². The number of amides is 1. The molecule has 25 heavy (non-hydrogen) atoms. The molecule has 0 atom stereocenters. The van der Waals surface area contributed by atoms with Crippen LogP contribution in [0.4, 0.5) is 0 Å². The molecule has 0 bridgehead atoms. The Balaban J connectivity index is 0.00000225. The minimum atomic E-state index is -0.191. The first-order valence-corrected chi connectivity index (χ1v) is 9.44. The van der Waals surface area contributed by atoms with Crippen LogP contribution >= 0.6 is 35.1 Å². The quantitative estimate of drug-likeness (QED) is 0.599. The van der Waals surface area contributed by atoms with E-state index in [0.29, 0.717) is 23.3 Å². The van der Waals surface area contributed by atoms with Crippen molar-refractivity contribution in [3.63, 3.8) is 0 Å². The summed E-state index contributed by atoms with van der Waals surface area (Å²) in [5.74, 6) is -0.191. The molecule has 9 heteroatoms. The molecule has 3 aromatic rings. The van der Waals surface area contributed by atoms with Crippen molar-refractivity contribution in [3.05, 3.63) is 39.6 Å². The molecule has 0 aromatic carbocycles. The van der Waals surface area contributed by atoms with Crippen molar-refractivity contribution in [3.8, 4) is 10.4 Å². The number of fused-ring (bicyclic) bond motifs is 1. The lowest BCUT2D eigenvalue weighted by Gasteiger charge is -2.07. The lowest BCUT2D eigenvalue weighted by atomic mass is 10.2. The topological polar surface area (TPSA) is 76.0 Å². The molecule has 0 radical (unpaired) electrons. The third kappa shape index (κ3) is 4.46. The Hall–Kier alpha value is -1.74. The normalized spacial score (nSPS) is 10.6. The predicted molar refractivity (Wildman–Crippen MR) is 106 cm³/mol. The summed E-state index contributed by atoms with van der Waals surface area (Å²) in [7, 11) is 0. The number of aromatic nitrogens is 2. The highest BCUT2D eigenvalue weighted by atomic mass is 35.5. The van der Waals surface area contributed by atoms with Gasteiger partial charge in [0.25, 0.3) is 5.56 Å². The van der Waals surface area contributed by atoms with Crippen molar-refractivity contribution in [1.82, 2.24) is 20.2 Å². The minimum Gasteiger partial charge on any atom is -0.353 e. The lowest BCUT2D eigenvalue weighted by molar-refractivity contribution is -0.121. The highest BCUT2D eigenvalue weighted by molar-refractivity contribution is 7.18. The van der Waals surface area contributed by atoms with Crippen molar-refractivity contribution in [2.45, 2.75) is 13.5 Å². The zero-order valence-corrected chi connectivity index (χ0v) is 16.1. The molecule has 0 aliphatic rings. The van der Waals surface area contributed by atoms with Gasteiger partial charge in [-0.05, 0) is 18.0 Å². The second kappa shape index (κ2) is 9.10. The molecule has 2 N–H and O–H groups in total. The van der Waals surface area contributed by atoms with Crippen LogP contribution in [0.15, 0.2) is 34.0 Å². The van der Waals surface area contributed by atoms with Crippen LogP contribution in [-0.2, 0) is 11.3 Å². The molecule has 0 saturated heterocycles. The van der Waals surface area contributed by atoms with Gasteiger partial charge in [-0.25, -0.2) is 4.98 Å². The van der Waals surface area contributed by atoms with Crippen molar-refractivity contribution in [1.29, 1.82) is 0 Å². The summed E-state index contributed by atoms with van der Waals surface area (Å²) in [5, 5.41) is 10.4. The number of halogens is 1. The fourth-order valence-corrected chi connectivity index (χ4v) is 4.09. The second-order valence-corrected chi connectivity index (χ2v) is 6.99. The van der Waals surface area contributed by atoms with Gasteiger partial charge in [-0.1, -0.05) is 13.0 Å². The van der Waals surface area contributed by atoms with Crippen LogP contribution in [0.1, 0.15) is 6.92 Å². The number of rotatable bonds is 7. The number of carbonyl (C=O) groups is 1. The number of thiophene rings is 2. The van der Waals surface area contributed by atoms with E-state index in [1.807, 2.05) is 29.8 Å². The molecule has 1 amide bonds. The van der Waals surface area contributed by atoms with Crippen molar-refractivity contribution >= 4 is 51.2 Å². The maximum Gasteiger partial charge on any atom is 0.263 e. The van der Waals surface area contributed by atoms with Gasteiger partial charge in [0, 0.05) is 28.9 Å². The Bertz CT molecular complexity index is 889. The lowest BCUT2D eigenvalue weighted by Crippen LogP contribution is -2.36. The summed E-state index contributed by atoms with van der Waals surface area (Å²) < 4.78 is 1.37. The second-order valence-electron chi connectivity index (χ2n) is 5.19. The first-order valence-electron chi connectivity index (χ1n) is 7.68. The molecule has 0 saturated carbocycles. The molecule has 3 heterocycles. The van der Waals surface area contributed by atoms with Gasteiger partial charge < -0.3 is 10.6 Å². The third-order valence-corrected chi connectivity index (χ3v) is 5.32. The minimum absolute atomic E-state index is 0. The zero-order valence-electron chi connectivity index (χ0n) is 13.7. The Labute approximate surface area is 159 Å². The van der Waals surface area contributed by atoms with Gasteiger partial charge in [-0.15, -0.1) is 35.1 Å². The molecule has 0 spiro atoms. The molecular formula is C16H19ClN4O2S2. The maximum atomic E-state index is 12.8. The van der Waals surface area contributed by atoms with Gasteiger partial charge in [0.2, 0.25) is 5.91 Å². The molecule has 0 fully saturated rings. The number of hydrogen-bond acceptors (Lipinski definition) is 6. The number of carbonyl (C=O) groups excluding carboxylic acids is 1. The molecular weight excluding hydrogens is 380 g/mol. The fraction of sp³-hybridized carbons (Fsp3) is 0.312. The molecule has 0 aliphatic heterocycles. The summed E-state index contributed by atoms with van der Waals surface area (Å²) in [6.45, 7) is 4.10. The number of likely N-dealkylation sites (N-methyl/N-ethyl adjacent to an activating group) is 1. The average Bonchev–Trinajstić information content (AvgIpc) is 3.23. The SMILES string of the molecule is CCNCCNC(=O)Cn1cnc2scc(-c3cccs3)c2c1=O.Cl. The van der Waals surface area contributed by atoms with Crippen LogP contribution in [0.25, 0.3) is 20.7 Å². The molecule has 3 aromatic heterocycles. The first kappa shape index (κ1) is 19.6. The van der Waals surface area contributed by atoms with E-state index < -0.39 is 0 Å². The summed E-state index contributed by atoms with van der Waals surface area (Å²) in [5.41, 5.74) is 0.718. The van der Waals surface area contributed by atoms with Gasteiger partial charge in [0.05, 0.1) is 11.7 Å². The monoisotopic (exact) mass is 398 g/mol. The molecule has 134 valence electrons. The van der Waals surface area contributed by atoms with E-state index in [-0.39, 0.29) is 30.4 Å². The predicted octanol–water partition coefficient (Wildman–Crippen LogP) is 2.33.